The number of ketones is 1. The molecular weight excluding hydrogens is 240 g/mol. The van der Waals surface area contributed by atoms with Crippen molar-refractivity contribution in [1.29, 1.82) is 0 Å². The molecule has 0 saturated heterocycles. The number of rotatable bonds is 6. The molecule has 1 aliphatic rings. The Kier molecular flexibility index (Phi) is 4.35. The second-order valence-corrected chi connectivity index (χ2v) is 5.11. The Balaban J connectivity index is 1.83. The lowest BCUT2D eigenvalue weighted by Crippen LogP contribution is -2.12. The van der Waals surface area contributed by atoms with Crippen LogP contribution in [0.4, 0.5) is 0 Å². The maximum absolute atomic E-state index is 12.1. The summed E-state index contributed by atoms with van der Waals surface area (Å²) in [6, 6.07) is 9.95. The van der Waals surface area contributed by atoms with Crippen molar-refractivity contribution in [2.75, 3.05) is 6.61 Å². The van der Waals surface area contributed by atoms with Crippen molar-refractivity contribution in [3.63, 3.8) is 0 Å². The summed E-state index contributed by atoms with van der Waals surface area (Å²) in [5.41, 5.74) is 1.16. The highest BCUT2D eigenvalue weighted by Crippen LogP contribution is 2.48. The lowest BCUT2D eigenvalue weighted by molar-refractivity contribution is -0.146. The van der Waals surface area contributed by atoms with E-state index in [1.807, 2.05) is 37.3 Å². The van der Waals surface area contributed by atoms with Crippen molar-refractivity contribution in [3.05, 3.63) is 35.9 Å². The van der Waals surface area contributed by atoms with Crippen LogP contribution in [-0.2, 0) is 20.7 Å². The quantitative estimate of drug-likeness (QED) is 0.738. The van der Waals surface area contributed by atoms with Gasteiger partial charge in [0.25, 0.3) is 0 Å². The van der Waals surface area contributed by atoms with Crippen LogP contribution in [0.15, 0.2) is 30.3 Å². The Morgan fingerprint density at radius 3 is 2.47 bits per heavy atom. The number of ether oxygens (including phenoxy) is 1. The van der Waals surface area contributed by atoms with Crippen LogP contribution in [0.3, 0.4) is 0 Å². The highest BCUT2D eigenvalue weighted by atomic mass is 16.5. The molecule has 0 spiro atoms. The second kappa shape index (κ2) is 6.00. The van der Waals surface area contributed by atoms with Crippen molar-refractivity contribution in [1.82, 2.24) is 0 Å². The third kappa shape index (κ3) is 3.22. The number of carbonyl (C=O) groups excluding carboxylic acids is 2. The van der Waals surface area contributed by atoms with Crippen LogP contribution < -0.4 is 0 Å². The zero-order valence-corrected chi connectivity index (χ0v) is 11.5. The van der Waals surface area contributed by atoms with Gasteiger partial charge in [0.2, 0.25) is 0 Å². The predicted molar refractivity (Wildman–Crippen MR) is 72.5 cm³/mol. The predicted octanol–water partition coefficient (Wildman–Crippen LogP) is 2.63. The molecule has 1 aromatic carbocycles. The monoisotopic (exact) mass is 260 g/mol. The highest BCUT2D eigenvalue weighted by Gasteiger charge is 2.56. The second-order valence-electron chi connectivity index (χ2n) is 5.11. The Bertz CT molecular complexity index is 452. The van der Waals surface area contributed by atoms with Gasteiger partial charge in [-0.3, -0.25) is 9.59 Å². The standard InChI is InChI=1S/C16H20O3/c1-3-19-16(18)15-11(2)14(15)13(17)10-9-12-7-5-4-6-8-12/h4-8,11,14-15H,3,9-10H2,1-2H3/t11-,14-,15+/m0/s1. The fourth-order valence-corrected chi connectivity index (χ4v) is 2.63. The zero-order valence-electron chi connectivity index (χ0n) is 11.5. The largest absolute Gasteiger partial charge is 0.466 e. The van der Waals surface area contributed by atoms with E-state index >= 15 is 0 Å². The smallest absolute Gasteiger partial charge is 0.309 e. The van der Waals surface area contributed by atoms with Crippen molar-refractivity contribution in [2.24, 2.45) is 17.8 Å². The normalized spacial score (nSPS) is 24.8. The molecule has 0 aliphatic heterocycles. The van der Waals surface area contributed by atoms with Crippen molar-refractivity contribution in [2.45, 2.75) is 26.7 Å². The van der Waals surface area contributed by atoms with Gasteiger partial charge in [-0.1, -0.05) is 37.3 Å². The van der Waals surface area contributed by atoms with Gasteiger partial charge < -0.3 is 4.74 Å². The Morgan fingerprint density at radius 2 is 1.84 bits per heavy atom. The minimum absolute atomic E-state index is 0.122. The van der Waals surface area contributed by atoms with E-state index in [4.69, 9.17) is 4.74 Å². The van der Waals surface area contributed by atoms with E-state index in [0.29, 0.717) is 13.0 Å². The van der Waals surface area contributed by atoms with Crippen LogP contribution >= 0.6 is 0 Å². The molecule has 3 nitrogen and oxygen atoms in total. The maximum atomic E-state index is 12.1. The zero-order chi connectivity index (χ0) is 13.8. The SMILES string of the molecule is CCOC(=O)[C@@H]1[C@@H](C)[C@H]1C(=O)CCc1ccccc1. The van der Waals surface area contributed by atoms with Gasteiger partial charge in [0.15, 0.2) is 0 Å². The lowest BCUT2D eigenvalue weighted by atomic mass is 10.0. The fraction of sp³-hybridized carbons (Fsp3) is 0.500. The van der Waals surface area contributed by atoms with E-state index in [9.17, 15) is 9.59 Å². The molecule has 0 radical (unpaired) electrons. The molecule has 1 aliphatic carbocycles. The number of carbonyl (C=O) groups is 2. The van der Waals surface area contributed by atoms with Crippen LogP contribution in [0.5, 0.6) is 0 Å². The summed E-state index contributed by atoms with van der Waals surface area (Å²) in [6.45, 7) is 4.12. The van der Waals surface area contributed by atoms with E-state index < -0.39 is 0 Å². The first-order valence-corrected chi connectivity index (χ1v) is 6.88. The van der Waals surface area contributed by atoms with Gasteiger partial charge >= 0.3 is 5.97 Å². The first kappa shape index (κ1) is 13.8. The Morgan fingerprint density at radius 1 is 1.16 bits per heavy atom. The Hall–Kier alpha value is -1.64. The molecule has 0 heterocycles. The molecule has 1 saturated carbocycles. The summed E-state index contributed by atoms with van der Waals surface area (Å²) in [7, 11) is 0. The molecular formula is C16H20O3. The summed E-state index contributed by atoms with van der Waals surface area (Å²) in [5.74, 6) is -0.212. The average molecular weight is 260 g/mol. The molecule has 1 aromatic rings. The third-order valence-corrected chi connectivity index (χ3v) is 3.81. The van der Waals surface area contributed by atoms with Crippen molar-refractivity contribution < 1.29 is 14.3 Å². The Labute approximate surface area is 114 Å². The number of hydrogen-bond acceptors (Lipinski definition) is 3. The molecule has 0 N–H and O–H groups in total. The van der Waals surface area contributed by atoms with Crippen LogP contribution in [0.25, 0.3) is 0 Å². The van der Waals surface area contributed by atoms with Crippen molar-refractivity contribution in [3.8, 4) is 0 Å². The molecule has 0 amide bonds. The van der Waals surface area contributed by atoms with Crippen LogP contribution in [0.1, 0.15) is 25.8 Å². The molecule has 0 bridgehead atoms. The van der Waals surface area contributed by atoms with Crippen LogP contribution in [0.2, 0.25) is 0 Å². The summed E-state index contributed by atoms with van der Waals surface area (Å²) in [4.78, 5) is 23.7. The van der Waals surface area contributed by atoms with Gasteiger partial charge in [0, 0.05) is 12.3 Å². The summed E-state index contributed by atoms with van der Waals surface area (Å²) in [6.07, 6.45) is 1.26. The van der Waals surface area contributed by atoms with Gasteiger partial charge in [0.1, 0.15) is 5.78 Å². The summed E-state index contributed by atoms with van der Waals surface area (Å²) >= 11 is 0. The van der Waals surface area contributed by atoms with Gasteiger partial charge in [-0.2, -0.15) is 0 Å². The molecule has 0 unspecified atom stereocenters. The van der Waals surface area contributed by atoms with Gasteiger partial charge in [-0.15, -0.1) is 0 Å². The van der Waals surface area contributed by atoms with Crippen molar-refractivity contribution >= 4 is 11.8 Å². The minimum Gasteiger partial charge on any atom is -0.466 e. The number of aryl methyl sites for hydroxylation is 1. The molecule has 2 rings (SSSR count). The fourth-order valence-electron chi connectivity index (χ4n) is 2.63. The first-order valence-electron chi connectivity index (χ1n) is 6.88. The van der Waals surface area contributed by atoms with Crippen LogP contribution in [0, 0.1) is 17.8 Å². The summed E-state index contributed by atoms with van der Waals surface area (Å²) < 4.78 is 4.99. The summed E-state index contributed by atoms with van der Waals surface area (Å²) in [5, 5.41) is 0. The molecule has 19 heavy (non-hydrogen) atoms. The van der Waals surface area contributed by atoms with E-state index in [1.54, 1.807) is 6.92 Å². The third-order valence-electron chi connectivity index (χ3n) is 3.81. The average Bonchev–Trinajstić information content (AvgIpc) is 3.09. The van der Waals surface area contributed by atoms with E-state index in [1.165, 1.54) is 0 Å². The van der Waals surface area contributed by atoms with E-state index in [0.717, 1.165) is 12.0 Å². The van der Waals surface area contributed by atoms with Crippen LogP contribution in [-0.4, -0.2) is 18.4 Å². The maximum Gasteiger partial charge on any atom is 0.309 e. The minimum atomic E-state index is -0.215. The van der Waals surface area contributed by atoms with E-state index in [2.05, 4.69) is 0 Å². The number of hydrogen-bond donors (Lipinski definition) is 0. The van der Waals surface area contributed by atoms with Gasteiger partial charge in [-0.25, -0.2) is 0 Å². The van der Waals surface area contributed by atoms with Gasteiger partial charge in [-0.05, 0) is 24.8 Å². The molecule has 1 fully saturated rings. The highest BCUT2D eigenvalue weighted by molar-refractivity contribution is 5.92. The number of Topliss-reactive ketones (excluding diaryl/α,β-unsaturated/α-hetero) is 1. The molecule has 3 atom stereocenters. The molecule has 0 aromatic heterocycles. The van der Waals surface area contributed by atoms with Gasteiger partial charge in [0.05, 0.1) is 12.5 Å². The number of benzene rings is 1. The molecule has 3 heteroatoms. The first-order chi connectivity index (χ1) is 9.15. The molecule has 102 valence electrons. The number of esters is 1. The topological polar surface area (TPSA) is 43.4 Å². The van der Waals surface area contributed by atoms with E-state index in [-0.39, 0.29) is 29.5 Å². The lowest BCUT2D eigenvalue weighted by Gasteiger charge is -2.01.